The molecule has 1 unspecified atom stereocenters. The topological polar surface area (TPSA) is 57.5 Å². The zero-order chi connectivity index (χ0) is 13.0. The first-order chi connectivity index (χ1) is 8.66. The number of hydrogen-bond donors (Lipinski definition) is 2. The lowest BCUT2D eigenvalue weighted by Crippen LogP contribution is -2.24. The number of carboxylic acid groups (broad SMARTS) is 1. The van der Waals surface area contributed by atoms with Gasteiger partial charge in [0.05, 0.1) is 12.5 Å². The SMILES string of the molecule is O=C(O)CC(c1ccccc1)C1CCC(O)CC1. The Hall–Kier alpha value is -1.35. The second-order valence-corrected chi connectivity index (χ2v) is 5.18. The normalized spacial score (nSPS) is 25.6. The molecule has 18 heavy (non-hydrogen) atoms. The Bertz CT molecular complexity index is 380. The molecule has 3 nitrogen and oxygen atoms in total. The minimum absolute atomic E-state index is 0.0798. The molecule has 2 rings (SSSR count). The summed E-state index contributed by atoms with van der Waals surface area (Å²) in [4.78, 5) is 11.0. The van der Waals surface area contributed by atoms with Crippen LogP contribution in [0.5, 0.6) is 0 Å². The number of carboxylic acids is 1. The van der Waals surface area contributed by atoms with Gasteiger partial charge in [-0.15, -0.1) is 0 Å². The lowest BCUT2D eigenvalue weighted by Gasteiger charge is -2.31. The van der Waals surface area contributed by atoms with Gasteiger partial charge in [-0.2, -0.15) is 0 Å². The molecule has 0 amide bonds. The molecule has 1 saturated carbocycles. The highest BCUT2D eigenvalue weighted by Gasteiger charge is 2.29. The highest BCUT2D eigenvalue weighted by Crippen LogP contribution is 2.38. The molecule has 0 aromatic heterocycles. The molecule has 2 N–H and O–H groups in total. The molecule has 1 aliphatic carbocycles. The molecule has 0 aliphatic heterocycles. The molecular weight excluding hydrogens is 228 g/mol. The van der Waals surface area contributed by atoms with E-state index < -0.39 is 5.97 Å². The van der Waals surface area contributed by atoms with Crippen molar-refractivity contribution in [3.63, 3.8) is 0 Å². The maximum Gasteiger partial charge on any atom is 0.303 e. The number of hydrogen-bond acceptors (Lipinski definition) is 2. The zero-order valence-electron chi connectivity index (χ0n) is 10.5. The largest absolute Gasteiger partial charge is 0.481 e. The fraction of sp³-hybridized carbons (Fsp3) is 0.533. The Morgan fingerprint density at radius 2 is 1.78 bits per heavy atom. The van der Waals surface area contributed by atoms with E-state index in [1.165, 1.54) is 0 Å². The molecule has 0 heterocycles. The first-order valence-corrected chi connectivity index (χ1v) is 6.61. The van der Waals surface area contributed by atoms with Gasteiger partial charge in [-0.05, 0) is 43.1 Å². The second kappa shape index (κ2) is 6.01. The third-order valence-corrected chi connectivity index (χ3v) is 3.93. The van der Waals surface area contributed by atoms with E-state index in [9.17, 15) is 9.90 Å². The summed E-state index contributed by atoms with van der Waals surface area (Å²) >= 11 is 0. The van der Waals surface area contributed by atoms with Gasteiger partial charge in [-0.25, -0.2) is 0 Å². The van der Waals surface area contributed by atoms with Crippen molar-refractivity contribution in [2.75, 3.05) is 0 Å². The minimum Gasteiger partial charge on any atom is -0.481 e. The Labute approximate surface area is 107 Å². The van der Waals surface area contributed by atoms with Crippen LogP contribution in [-0.2, 0) is 4.79 Å². The summed E-state index contributed by atoms with van der Waals surface area (Å²) < 4.78 is 0. The molecular formula is C15H20O3. The lowest BCUT2D eigenvalue weighted by molar-refractivity contribution is -0.137. The molecule has 1 fully saturated rings. The van der Waals surface area contributed by atoms with Crippen LogP contribution in [0.25, 0.3) is 0 Å². The lowest BCUT2D eigenvalue weighted by atomic mass is 9.74. The summed E-state index contributed by atoms with van der Waals surface area (Å²) in [6, 6.07) is 9.90. The molecule has 1 aromatic rings. The van der Waals surface area contributed by atoms with E-state index in [1.807, 2.05) is 30.3 Å². The predicted octanol–water partition coefficient (Wildman–Crippen LogP) is 2.80. The molecule has 0 saturated heterocycles. The van der Waals surface area contributed by atoms with Gasteiger partial charge in [-0.1, -0.05) is 30.3 Å². The summed E-state index contributed by atoms with van der Waals surface area (Å²) in [5, 5.41) is 18.6. The Kier molecular flexibility index (Phi) is 4.37. The van der Waals surface area contributed by atoms with Gasteiger partial charge in [0.2, 0.25) is 0 Å². The van der Waals surface area contributed by atoms with Gasteiger partial charge in [-0.3, -0.25) is 4.79 Å². The predicted molar refractivity (Wildman–Crippen MR) is 69.4 cm³/mol. The van der Waals surface area contributed by atoms with Crippen LogP contribution < -0.4 is 0 Å². The van der Waals surface area contributed by atoms with Crippen LogP contribution in [0.2, 0.25) is 0 Å². The van der Waals surface area contributed by atoms with E-state index in [-0.39, 0.29) is 18.4 Å². The van der Waals surface area contributed by atoms with E-state index in [0.29, 0.717) is 5.92 Å². The van der Waals surface area contributed by atoms with Crippen LogP contribution in [0.3, 0.4) is 0 Å². The number of aliphatic carboxylic acids is 1. The molecule has 1 aliphatic rings. The zero-order valence-corrected chi connectivity index (χ0v) is 10.5. The third kappa shape index (κ3) is 3.33. The fourth-order valence-electron chi connectivity index (χ4n) is 2.95. The highest BCUT2D eigenvalue weighted by molar-refractivity contribution is 5.68. The monoisotopic (exact) mass is 248 g/mol. The standard InChI is InChI=1S/C15H20O3/c16-13-8-6-12(7-9-13)14(10-15(17)18)11-4-2-1-3-5-11/h1-5,12-14,16H,6-10H2,(H,17,18). The van der Waals surface area contributed by atoms with Crippen molar-refractivity contribution in [1.82, 2.24) is 0 Å². The van der Waals surface area contributed by atoms with Crippen LogP contribution in [0.15, 0.2) is 30.3 Å². The molecule has 1 atom stereocenters. The Morgan fingerprint density at radius 3 is 2.33 bits per heavy atom. The van der Waals surface area contributed by atoms with Gasteiger partial charge in [0.1, 0.15) is 0 Å². The van der Waals surface area contributed by atoms with Crippen molar-refractivity contribution in [2.24, 2.45) is 5.92 Å². The number of aliphatic hydroxyl groups excluding tert-OH is 1. The Balaban J connectivity index is 2.12. The molecule has 0 bridgehead atoms. The summed E-state index contributed by atoms with van der Waals surface area (Å²) in [5.41, 5.74) is 1.11. The van der Waals surface area contributed by atoms with E-state index >= 15 is 0 Å². The number of aliphatic hydroxyl groups is 1. The van der Waals surface area contributed by atoms with Crippen LogP contribution in [0, 0.1) is 5.92 Å². The van der Waals surface area contributed by atoms with E-state index in [1.54, 1.807) is 0 Å². The number of carbonyl (C=O) groups is 1. The quantitative estimate of drug-likeness (QED) is 0.861. The van der Waals surface area contributed by atoms with Crippen LogP contribution in [0.4, 0.5) is 0 Å². The van der Waals surface area contributed by atoms with Gasteiger partial charge >= 0.3 is 5.97 Å². The van der Waals surface area contributed by atoms with Crippen LogP contribution >= 0.6 is 0 Å². The van der Waals surface area contributed by atoms with Gasteiger partial charge < -0.3 is 10.2 Å². The van der Waals surface area contributed by atoms with Gasteiger partial charge in [0, 0.05) is 0 Å². The molecule has 3 heteroatoms. The first-order valence-electron chi connectivity index (χ1n) is 6.61. The summed E-state index contributed by atoms with van der Waals surface area (Å²) in [6.45, 7) is 0. The van der Waals surface area contributed by atoms with Crippen molar-refractivity contribution in [3.8, 4) is 0 Å². The van der Waals surface area contributed by atoms with E-state index in [0.717, 1.165) is 31.2 Å². The van der Waals surface area contributed by atoms with Gasteiger partial charge in [0.25, 0.3) is 0 Å². The molecule has 1 aromatic carbocycles. The molecule has 98 valence electrons. The first kappa shape index (κ1) is 13.1. The number of rotatable bonds is 4. The molecule has 0 radical (unpaired) electrons. The maximum atomic E-state index is 11.0. The Morgan fingerprint density at radius 1 is 1.17 bits per heavy atom. The average Bonchev–Trinajstić information content (AvgIpc) is 2.38. The smallest absolute Gasteiger partial charge is 0.303 e. The summed E-state index contributed by atoms with van der Waals surface area (Å²) in [5.74, 6) is -0.280. The summed E-state index contributed by atoms with van der Waals surface area (Å²) in [7, 11) is 0. The highest BCUT2D eigenvalue weighted by atomic mass is 16.4. The average molecular weight is 248 g/mol. The van der Waals surface area contributed by atoms with Crippen molar-refractivity contribution >= 4 is 5.97 Å². The van der Waals surface area contributed by atoms with Gasteiger partial charge in [0.15, 0.2) is 0 Å². The molecule has 0 spiro atoms. The van der Waals surface area contributed by atoms with Crippen LogP contribution in [0.1, 0.15) is 43.6 Å². The maximum absolute atomic E-state index is 11.0. The summed E-state index contributed by atoms with van der Waals surface area (Å²) in [6.07, 6.45) is 3.44. The van der Waals surface area contributed by atoms with Crippen molar-refractivity contribution in [1.29, 1.82) is 0 Å². The fourth-order valence-corrected chi connectivity index (χ4v) is 2.95. The van der Waals surface area contributed by atoms with E-state index in [4.69, 9.17) is 5.11 Å². The second-order valence-electron chi connectivity index (χ2n) is 5.18. The van der Waals surface area contributed by atoms with Crippen molar-refractivity contribution < 1.29 is 15.0 Å². The van der Waals surface area contributed by atoms with E-state index in [2.05, 4.69) is 0 Å². The number of benzene rings is 1. The third-order valence-electron chi connectivity index (χ3n) is 3.93. The minimum atomic E-state index is -0.741. The van der Waals surface area contributed by atoms with Crippen molar-refractivity contribution in [3.05, 3.63) is 35.9 Å². The van der Waals surface area contributed by atoms with Crippen LogP contribution in [-0.4, -0.2) is 22.3 Å². The van der Waals surface area contributed by atoms with Crippen molar-refractivity contribution in [2.45, 2.75) is 44.1 Å².